The molecule has 5 heteroatoms. The van der Waals surface area contributed by atoms with Gasteiger partial charge in [-0.15, -0.1) is 0 Å². The molecule has 0 saturated heterocycles. The molecule has 0 aliphatic rings. The maximum atomic E-state index is 11.9. The Labute approximate surface area is 122 Å². The van der Waals surface area contributed by atoms with Crippen LogP contribution in [0.4, 0.5) is 4.79 Å². The fourth-order valence-electron chi connectivity index (χ4n) is 1.62. The highest BCUT2D eigenvalue weighted by Crippen LogP contribution is 2.31. The molecule has 20 heavy (non-hydrogen) atoms. The smallest absolute Gasteiger partial charge is 0.407 e. The summed E-state index contributed by atoms with van der Waals surface area (Å²) in [4.78, 5) is 23.1. The van der Waals surface area contributed by atoms with Crippen molar-refractivity contribution in [3.8, 4) is 0 Å². The van der Waals surface area contributed by atoms with E-state index in [0.717, 1.165) is 0 Å². The first-order valence-corrected chi connectivity index (χ1v) is 6.88. The van der Waals surface area contributed by atoms with Gasteiger partial charge >= 0.3 is 12.1 Å². The molecular weight excluding hydrogens is 258 g/mol. The molecule has 0 aromatic rings. The van der Waals surface area contributed by atoms with Crippen LogP contribution in [0, 0.1) is 10.8 Å². The number of carboxylic acid groups (broad SMARTS) is 1. The molecule has 1 atom stereocenters. The van der Waals surface area contributed by atoms with Gasteiger partial charge in [-0.3, -0.25) is 4.79 Å². The van der Waals surface area contributed by atoms with Crippen molar-refractivity contribution in [3.05, 3.63) is 0 Å². The van der Waals surface area contributed by atoms with Crippen molar-refractivity contribution in [2.75, 3.05) is 0 Å². The second-order valence-corrected chi connectivity index (χ2v) is 7.96. The highest BCUT2D eigenvalue weighted by Gasteiger charge is 2.37. The summed E-state index contributed by atoms with van der Waals surface area (Å²) in [6.45, 7) is 14.6. The van der Waals surface area contributed by atoms with Crippen LogP contribution in [0.5, 0.6) is 0 Å². The van der Waals surface area contributed by atoms with Gasteiger partial charge < -0.3 is 15.2 Å². The molecular formula is C15H29NO4. The van der Waals surface area contributed by atoms with Crippen LogP contribution in [0.1, 0.15) is 61.8 Å². The van der Waals surface area contributed by atoms with Gasteiger partial charge in [0.05, 0.1) is 5.41 Å². The molecule has 0 radical (unpaired) electrons. The van der Waals surface area contributed by atoms with E-state index >= 15 is 0 Å². The topological polar surface area (TPSA) is 75.6 Å². The van der Waals surface area contributed by atoms with E-state index in [-0.39, 0.29) is 11.5 Å². The second kappa shape index (κ2) is 6.02. The lowest BCUT2D eigenvalue weighted by molar-refractivity contribution is -0.148. The lowest BCUT2D eigenvalue weighted by Crippen LogP contribution is -2.48. The van der Waals surface area contributed by atoms with Crippen LogP contribution in [-0.2, 0) is 9.53 Å². The number of rotatable bonds is 4. The van der Waals surface area contributed by atoms with Crippen LogP contribution in [0.15, 0.2) is 0 Å². The van der Waals surface area contributed by atoms with Crippen molar-refractivity contribution < 1.29 is 19.4 Å². The van der Waals surface area contributed by atoms with E-state index in [1.807, 2.05) is 20.8 Å². The van der Waals surface area contributed by atoms with E-state index in [2.05, 4.69) is 5.32 Å². The van der Waals surface area contributed by atoms with Gasteiger partial charge in [-0.2, -0.15) is 0 Å². The number of aliphatic carboxylic acids is 1. The minimum Gasteiger partial charge on any atom is -0.481 e. The molecule has 0 aromatic heterocycles. The summed E-state index contributed by atoms with van der Waals surface area (Å²) in [6.07, 6.45) is -0.177. The Hall–Kier alpha value is -1.26. The summed E-state index contributed by atoms with van der Waals surface area (Å²) in [5.41, 5.74) is -1.74. The summed E-state index contributed by atoms with van der Waals surface area (Å²) in [7, 11) is 0. The third-order valence-corrected chi connectivity index (χ3v) is 3.03. The molecule has 2 N–H and O–H groups in total. The van der Waals surface area contributed by atoms with E-state index in [4.69, 9.17) is 4.74 Å². The van der Waals surface area contributed by atoms with Crippen LogP contribution in [0.2, 0.25) is 0 Å². The van der Waals surface area contributed by atoms with Gasteiger partial charge in [0.15, 0.2) is 0 Å². The maximum absolute atomic E-state index is 11.9. The van der Waals surface area contributed by atoms with Crippen LogP contribution in [0.25, 0.3) is 0 Å². The lowest BCUT2D eigenvalue weighted by Gasteiger charge is -2.36. The normalized spacial score (nSPS) is 14.6. The number of alkyl carbamates (subject to hydrolysis) is 1. The Kier molecular flexibility index (Phi) is 5.64. The molecule has 0 aliphatic heterocycles. The highest BCUT2D eigenvalue weighted by atomic mass is 16.6. The number of carboxylic acids is 1. The fraction of sp³-hybridized carbons (Fsp3) is 0.867. The molecule has 0 heterocycles. The number of hydrogen-bond donors (Lipinski definition) is 2. The molecule has 0 bridgehead atoms. The summed E-state index contributed by atoms with van der Waals surface area (Å²) in [5.74, 6) is -0.877. The van der Waals surface area contributed by atoms with Crippen molar-refractivity contribution in [1.29, 1.82) is 0 Å². The van der Waals surface area contributed by atoms with Crippen molar-refractivity contribution in [2.24, 2.45) is 10.8 Å². The van der Waals surface area contributed by atoms with Gasteiger partial charge in [-0.05, 0) is 46.5 Å². The first-order chi connectivity index (χ1) is 8.65. The molecule has 5 nitrogen and oxygen atoms in total. The number of amides is 1. The predicted molar refractivity (Wildman–Crippen MR) is 78.6 cm³/mol. The molecule has 118 valence electrons. The minimum absolute atomic E-state index is 0.260. The van der Waals surface area contributed by atoms with Gasteiger partial charge in [0.25, 0.3) is 0 Å². The number of nitrogens with one attached hydrogen (secondary N) is 1. The fourth-order valence-corrected chi connectivity index (χ4v) is 1.62. The van der Waals surface area contributed by atoms with E-state index in [9.17, 15) is 14.7 Å². The number of carbonyl (C=O) groups is 2. The molecule has 0 spiro atoms. The van der Waals surface area contributed by atoms with Crippen LogP contribution < -0.4 is 5.32 Å². The summed E-state index contributed by atoms with van der Waals surface area (Å²) in [6, 6.07) is -0.288. The Morgan fingerprint density at radius 1 is 1.05 bits per heavy atom. The van der Waals surface area contributed by atoms with Crippen LogP contribution in [-0.4, -0.2) is 28.8 Å². The van der Waals surface area contributed by atoms with Gasteiger partial charge in [0.1, 0.15) is 5.60 Å². The predicted octanol–water partition coefficient (Wildman–Crippen LogP) is 3.43. The Morgan fingerprint density at radius 2 is 1.50 bits per heavy atom. The van der Waals surface area contributed by atoms with Gasteiger partial charge in [0, 0.05) is 6.04 Å². The van der Waals surface area contributed by atoms with E-state index in [1.54, 1.807) is 34.6 Å². The second-order valence-electron chi connectivity index (χ2n) is 7.96. The van der Waals surface area contributed by atoms with Crippen LogP contribution in [0.3, 0.4) is 0 Å². The van der Waals surface area contributed by atoms with Gasteiger partial charge in [-0.1, -0.05) is 20.8 Å². The summed E-state index contributed by atoms with van der Waals surface area (Å²) >= 11 is 0. The Bertz CT molecular complexity index is 361. The molecule has 1 amide bonds. The largest absolute Gasteiger partial charge is 0.481 e. The zero-order valence-corrected chi connectivity index (χ0v) is 14.0. The monoisotopic (exact) mass is 287 g/mol. The molecule has 0 aromatic carbocycles. The zero-order valence-electron chi connectivity index (χ0n) is 14.0. The quantitative estimate of drug-likeness (QED) is 0.830. The average Bonchev–Trinajstić information content (AvgIpc) is 2.10. The number of hydrogen-bond acceptors (Lipinski definition) is 3. The third kappa shape index (κ3) is 6.78. The Morgan fingerprint density at radius 3 is 1.80 bits per heavy atom. The third-order valence-electron chi connectivity index (χ3n) is 3.03. The molecule has 1 unspecified atom stereocenters. The average molecular weight is 287 g/mol. The zero-order chi connectivity index (χ0) is 16.4. The SMILES string of the molecule is CC(C)(C)OC(=O)NC(CC(C)(C)C(=O)O)C(C)(C)C. The van der Waals surface area contributed by atoms with Gasteiger partial charge in [0.2, 0.25) is 0 Å². The molecule has 0 saturated carbocycles. The van der Waals surface area contributed by atoms with Gasteiger partial charge in [-0.25, -0.2) is 4.79 Å². The van der Waals surface area contributed by atoms with E-state index in [0.29, 0.717) is 6.42 Å². The maximum Gasteiger partial charge on any atom is 0.407 e. The first-order valence-electron chi connectivity index (χ1n) is 6.88. The summed E-state index contributed by atoms with van der Waals surface area (Å²) < 4.78 is 5.24. The van der Waals surface area contributed by atoms with E-state index < -0.39 is 23.1 Å². The van der Waals surface area contributed by atoms with Crippen molar-refractivity contribution >= 4 is 12.1 Å². The minimum atomic E-state index is -0.910. The molecule has 0 rings (SSSR count). The van der Waals surface area contributed by atoms with Crippen molar-refractivity contribution in [1.82, 2.24) is 5.32 Å². The van der Waals surface area contributed by atoms with Crippen molar-refractivity contribution in [2.45, 2.75) is 73.5 Å². The Balaban J connectivity index is 4.94. The van der Waals surface area contributed by atoms with Crippen LogP contribution >= 0.6 is 0 Å². The number of ether oxygens (including phenoxy) is 1. The highest BCUT2D eigenvalue weighted by molar-refractivity contribution is 5.74. The molecule has 0 fully saturated rings. The van der Waals surface area contributed by atoms with Crippen molar-refractivity contribution in [3.63, 3.8) is 0 Å². The standard InChI is InChI=1S/C15H29NO4/c1-13(2,3)10(9-15(7,8)11(17)18)16-12(19)20-14(4,5)6/h10H,9H2,1-8H3,(H,16,19)(H,17,18). The first kappa shape index (κ1) is 18.7. The lowest BCUT2D eigenvalue weighted by atomic mass is 9.76. The number of carbonyl (C=O) groups excluding carboxylic acids is 1. The van der Waals surface area contributed by atoms with E-state index in [1.165, 1.54) is 0 Å². The molecule has 0 aliphatic carbocycles. The summed E-state index contributed by atoms with van der Waals surface area (Å²) in [5, 5.41) is 12.0.